The van der Waals surface area contributed by atoms with Crippen molar-refractivity contribution in [3.05, 3.63) is 80.7 Å². The van der Waals surface area contributed by atoms with Gasteiger partial charge in [-0.2, -0.15) is 0 Å². The highest BCUT2D eigenvalue weighted by Gasteiger charge is 2.25. The number of benzene rings is 2. The molecule has 0 aliphatic heterocycles. The molecule has 0 aliphatic carbocycles. The highest BCUT2D eigenvalue weighted by molar-refractivity contribution is 7.98. The summed E-state index contributed by atoms with van der Waals surface area (Å²) in [6.45, 7) is 0. The van der Waals surface area contributed by atoms with Gasteiger partial charge in [0.25, 0.3) is 5.56 Å². The fourth-order valence-electron chi connectivity index (χ4n) is 2.75. The Morgan fingerprint density at radius 2 is 1.55 bits per heavy atom. The number of aromatic amines is 1. The molecule has 2 aromatic heterocycles. The van der Waals surface area contributed by atoms with Gasteiger partial charge in [0, 0.05) is 22.3 Å². The highest BCUT2D eigenvalue weighted by atomic mass is 32.2. The molecule has 2 aromatic carbocycles. The maximum Gasteiger partial charge on any atom is 0.260 e. The van der Waals surface area contributed by atoms with Crippen molar-refractivity contribution in [1.82, 2.24) is 9.97 Å². The Balaban J connectivity index is 1.68. The molecule has 0 saturated carbocycles. The van der Waals surface area contributed by atoms with E-state index in [1.807, 2.05) is 30.3 Å². The Morgan fingerprint density at radius 1 is 0.931 bits per heavy atom. The molecular weight excluding hydrogens is 431 g/mol. The van der Waals surface area contributed by atoms with E-state index in [9.17, 15) is 26.7 Å². The Bertz CT molecular complexity index is 1260. The van der Waals surface area contributed by atoms with E-state index in [2.05, 4.69) is 9.97 Å². The maximum atomic E-state index is 13.8. The highest BCUT2D eigenvalue weighted by Crippen LogP contribution is 2.32. The molecule has 4 aromatic rings. The average molecular weight is 440 g/mol. The molecule has 29 heavy (non-hydrogen) atoms. The molecule has 4 rings (SSSR count). The van der Waals surface area contributed by atoms with Crippen LogP contribution in [0.25, 0.3) is 21.3 Å². The number of hydrogen-bond acceptors (Lipinski definition) is 4. The fourth-order valence-corrected chi connectivity index (χ4v) is 4.61. The number of rotatable bonds is 4. The standard InChI is InChI=1S/C19H9F5N2OS2/c20-12-10(13(21)15(23)16(24)14(12)22)7-29-19-25-17(27)11-9(6-28-18(11)26-19)8-4-2-1-3-5-8/h1-6H,7H2,(H,25,26,27). The Hall–Kier alpha value is -2.72. The Morgan fingerprint density at radius 3 is 2.21 bits per heavy atom. The van der Waals surface area contributed by atoms with Crippen LogP contribution in [0.1, 0.15) is 5.56 Å². The quantitative estimate of drug-likeness (QED) is 0.147. The summed E-state index contributed by atoms with van der Waals surface area (Å²) >= 11 is 1.87. The first kappa shape index (κ1) is 19.6. The number of aromatic nitrogens is 2. The molecular formula is C19H9F5N2OS2. The van der Waals surface area contributed by atoms with Gasteiger partial charge >= 0.3 is 0 Å². The molecule has 0 saturated heterocycles. The molecule has 148 valence electrons. The second-order valence-corrected chi connectivity index (χ2v) is 7.73. The van der Waals surface area contributed by atoms with Gasteiger partial charge in [-0.1, -0.05) is 42.1 Å². The minimum atomic E-state index is -2.21. The normalized spacial score (nSPS) is 11.3. The predicted molar refractivity (Wildman–Crippen MR) is 101 cm³/mol. The molecule has 2 heterocycles. The lowest BCUT2D eigenvalue weighted by Gasteiger charge is -2.07. The Kier molecular flexibility index (Phi) is 5.13. The molecule has 0 aliphatic rings. The second-order valence-electron chi connectivity index (χ2n) is 5.90. The monoisotopic (exact) mass is 440 g/mol. The molecule has 0 amide bonds. The van der Waals surface area contributed by atoms with Crippen LogP contribution in [-0.4, -0.2) is 9.97 Å². The number of H-pyrrole nitrogens is 1. The number of hydrogen-bond donors (Lipinski definition) is 1. The van der Waals surface area contributed by atoms with Crippen LogP contribution in [0.15, 0.2) is 45.7 Å². The van der Waals surface area contributed by atoms with Crippen LogP contribution in [0.3, 0.4) is 0 Å². The van der Waals surface area contributed by atoms with Crippen LogP contribution >= 0.6 is 23.1 Å². The zero-order valence-corrected chi connectivity index (χ0v) is 15.9. The summed E-state index contributed by atoms with van der Waals surface area (Å²) < 4.78 is 67.4. The lowest BCUT2D eigenvalue weighted by atomic mass is 10.1. The summed E-state index contributed by atoms with van der Waals surface area (Å²) in [7, 11) is 0. The van der Waals surface area contributed by atoms with Crippen LogP contribution < -0.4 is 5.56 Å². The summed E-state index contributed by atoms with van der Waals surface area (Å²) in [4.78, 5) is 19.7. The van der Waals surface area contributed by atoms with Crippen molar-refractivity contribution in [2.24, 2.45) is 0 Å². The first-order valence-electron chi connectivity index (χ1n) is 8.08. The third-order valence-electron chi connectivity index (χ3n) is 4.16. The van der Waals surface area contributed by atoms with E-state index in [-0.39, 0.29) is 5.16 Å². The number of fused-ring (bicyclic) bond motifs is 1. The molecule has 0 radical (unpaired) electrons. The lowest BCUT2D eigenvalue weighted by Crippen LogP contribution is -2.09. The predicted octanol–water partition coefficient (Wildman–Crippen LogP) is 5.64. The van der Waals surface area contributed by atoms with Gasteiger partial charge in [0.05, 0.1) is 5.39 Å². The fraction of sp³-hybridized carbons (Fsp3) is 0.0526. The van der Waals surface area contributed by atoms with E-state index >= 15 is 0 Å². The van der Waals surface area contributed by atoms with E-state index < -0.39 is 46.0 Å². The number of thioether (sulfide) groups is 1. The van der Waals surface area contributed by atoms with Gasteiger partial charge in [0.15, 0.2) is 28.4 Å². The smallest absolute Gasteiger partial charge is 0.260 e. The SMILES string of the molecule is O=c1[nH]c(SCc2c(F)c(F)c(F)c(F)c2F)nc2scc(-c3ccccc3)c12. The van der Waals surface area contributed by atoms with E-state index in [1.54, 1.807) is 5.38 Å². The van der Waals surface area contributed by atoms with Crippen LogP contribution in [0.4, 0.5) is 22.0 Å². The first-order chi connectivity index (χ1) is 13.9. The van der Waals surface area contributed by atoms with Crippen molar-refractivity contribution in [1.29, 1.82) is 0 Å². The van der Waals surface area contributed by atoms with Crippen molar-refractivity contribution in [2.45, 2.75) is 10.9 Å². The molecule has 0 unspecified atom stereocenters. The van der Waals surface area contributed by atoms with E-state index in [4.69, 9.17) is 0 Å². The second kappa shape index (κ2) is 7.60. The van der Waals surface area contributed by atoms with Crippen molar-refractivity contribution in [3.8, 4) is 11.1 Å². The van der Waals surface area contributed by atoms with Crippen molar-refractivity contribution >= 4 is 33.3 Å². The van der Waals surface area contributed by atoms with Gasteiger partial charge < -0.3 is 4.98 Å². The average Bonchev–Trinajstić information content (AvgIpc) is 3.16. The number of halogens is 5. The molecule has 0 fully saturated rings. The van der Waals surface area contributed by atoms with Gasteiger partial charge in [-0.3, -0.25) is 4.79 Å². The summed E-state index contributed by atoms with van der Waals surface area (Å²) in [6.07, 6.45) is 0. The van der Waals surface area contributed by atoms with Crippen LogP contribution in [0.2, 0.25) is 0 Å². The van der Waals surface area contributed by atoms with Gasteiger partial charge in [0.2, 0.25) is 5.82 Å². The summed E-state index contributed by atoms with van der Waals surface area (Å²) in [5.74, 6) is -10.6. The Labute approximate surface area is 168 Å². The third-order valence-corrected chi connectivity index (χ3v) is 5.93. The van der Waals surface area contributed by atoms with Crippen LogP contribution in [0, 0.1) is 29.1 Å². The zero-order valence-electron chi connectivity index (χ0n) is 14.2. The topological polar surface area (TPSA) is 45.8 Å². The number of nitrogens with zero attached hydrogens (tertiary/aromatic N) is 1. The van der Waals surface area contributed by atoms with Gasteiger partial charge in [-0.05, 0) is 5.56 Å². The number of thiophene rings is 1. The van der Waals surface area contributed by atoms with Gasteiger partial charge in [-0.25, -0.2) is 26.9 Å². The van der Waals surface area contributed by atoms with Gasteiger partial charge in [-0.15, -0.1) is 11.3 Å². The van der Waals surface area contributed by atoms with Crippen molar-refractivity contribution in [3.63, 3.8) is 0 Å². The minimum absolute atomic E-state index is 0.00732. The van der Waals surface area contributed by atoms with Crippen LogP contribution in [0.5, 0.6) is 0 Å². The zero-order chi connectivity index (χ0) is 20.7. The molecule has 10 heteroatoms. The summed E-state index contributed by atoms with van der Waals surface area (Å²) in [5.41, 5.74) is 0.0730. The summed E-state index contributed by atoms with van der Waals surface area (Å²) in [6, 6.07) is 9.18. The van der Waals surface area contributed by atoms with Crippen LogP contribution in [-0.2, 0) is 5.75 Å². The first-order valence-corrected chi connectivity index (χ1v) is 9.95. The molecule has 0 bridgehead atoms. The largest absolute Gasteiger partial charge is 0.301 e. The summed E-state index contributed by atoms with van der Waals surface area (Å²) in [5, 5.41) is 2.13. The van der Waals surface area contributed by atoms with Crippen molar-refractivity contribution < 1.29 is 22.0 Å². The molecule has 1 N–H and O–H groups in total. The minimum Gasteiger partial charge on any atom is -0.301 e. The third kappa shape index (κ3) is 3.42. The van der Waals surface area contributed by atoms with E-state index in [0.717, 1.165) is 5.56 Å². The van der Waals surface area contributed by atoms with Gasteiger partial charge in [0.1, 0.15) is 4.83 Å². The molecule has 0 spiro atoms. The lowest BCUT2D eigenvalue weighted by molar-refractivity contribution is 0.372. The van der Waals surface area contributed by atoms with E-state index in [1.165, 1.54) is 11.3 Å². The maximum absolute atomic E-state index is 13.8. The molecule has 3 nitrogen and oxygen atoms in total. The molecule has 0 atom stereocenters. The number of nitrogens with one attached hydrogen (secondary N) is 1. The van der Waals surface area contributed by atoms with E-state index in [0.29, 0.717) is 27.5 Å². The van der Waals surface area contributed by atoms with Crippen molar-refractivity contribution in [2.75, 3.05) is 0 Å².